The van der Waals surface area contributed by atoms with Crippen LogP contribution >= 0.6 is 0 Å². The molecule has 11 heteroatoms. The van der Waals surface area contributed by atoms with E-state index in [1.807, 2.05) is 60.2 Å². The fraction of sp³-hybridized carbons (Fsp3) is 0.459. The second-order valence-electron chi connectivity index (χ2n) is 13.5. The molecule has 2 aromatic heterocycles. The van der Waals surface area contributed by atoms with Crippen molar-refractivity contribution in [3.63, 3.8) is 0 Å². The number of hydrazone groups is 1. The second kappa shape index (κ2) is 13.8. The maximum atomic E-state index is 14.6. The molecule has 1 aliphatic heterocycles. The molecule has 4 aromatic rings. The van der Waals surface area contributed by atoms with Crippen molar-refractivity contribution in [1.82, 2.24) is 24.6 Å². The van der Waals surface area contributed by atoms with E-state index in [2.05, 4.69) is 35.7 Å². The molecule has 0 atom stereocenters. The molecule has 0 spiro atoms. The van der Waals surface area contributed by atoms with Crippen molar-refractivity contribution in [3.8, 4) is 11.1 Å². The fourth-order valence-corrected chi connectivity index (χ4v) is 6.97. The third-order valence-corrected chi connectivity index (χ3v) is 9.08. The highest BCUT2D eigenvalue weighted by molar-refractivity contribution is 6.16. The molecule has 48 heavy (non-hydrogen) atoms. The number of aryl methyl sites for hydroxylation is 2. The highest BCUT2D eigenvalue weighted by Crippen LogP contribution is 2.32. The van der Waals surface area contributed by atoms with Gasteiger partial charge in [0.15, 0.2) is 0 Å². The number of nitrogens with one attached hydrogen (secondary N) is 1. The summed E-state index contributed by atoms with van der Waals surface area (Å²) in [6.07, 6.45) is 5.21. The standard InChI is InChI=1S/C37H44N6O5/c1-6-10-33-31(20-25-13-18-29(26-11-8-7-9-12-26)30(19-25)32-21-34(45)40-39-32)35(46)42(36-38-23(2)41-43(33)36)27-14-16-28(17-15-27)47-22-37(4,5)48-24(3)44/h7-9,11-13,18-19,27-28H,6,10,14-17,20-22H2,1-5H3,(H,40,45). The van der Waals surface area contributed by atoms with Crippen LogP contribution in [0.5, 0.6) is 0 Å². The Morgan fingerprint density at radius 2 is 1.79 bits per heavy atom. The number of amides is 1. The smallest absolute Gasteiger partial charge is 0.303 e. The third kappa shape index (κ3) is 7.11. The van der Waals surface area contributed by atoms with Gasteiger partial charge in [0, 0.05) is 30.5 Å². The molecule has 1 saturated carbocycles. The van der Waals surface area contributed by atoms with Gasteiger partial charge < -0.3 is 9.47 Å². The summed E-state index contributed by atoms with van der Waals surface area (Å²) in [5.41, 5.74) is 7.96. The summed E-state index contributed by atoms with van der Waals surface area (Å²) in [7, 11) is 0. The Hall–Kier alpha value is -4.64. The highest BCUT2D eigenvalue weighted by Gasteiger charge is 2.31. The molecule has 11 nitrogen and oxygen atoms in total. The molecule has 1 fully saturated rings. The molecule has 2 aliphatic rings. The van der Waals surface area contributed by atoms with Crippen LogP contribution in [0.1, 0.15) is 100 Å². The Morgan fingerprint density at radius 1 is 1.04 bits per heavy atom. The number of ether oxygens (including phenoxy) is 2. The molecule has 0 bridgehead atoms. The lowest BCUT2D eigenvalue weighted by Crippen LogP contribution is -2.37. The zero-order chi connectivity index (χ0) is 34.0. The number of nitrogens with zero attached hydrogens (tertiary/aromatic N) is 5. The lowest BCUT2D eigenvalue weighted by molar-refractivity contribution is -0.162. The van der Waals surface area contributed by atoms with E-state index in [0.29, 0.717) is 42.3 Å². The van der Waals surface area contributed by atoms with Gasteiger partial charge in [-0.3, -0.25) is 19.0 Å². The summed E-state index contributed by atoms with van der Waals surface area (Å²) in [6.45, 7) is 9.37. The van der Waals surface area contributed by atoms with Crippen LogP contribution in [-0.4, -0.2) is 55.1 Å². The monoisotopic (exact) mass is 652 g/mol. The van der Waals surface area contributed by atoms with Crippen LogP contribution in [0.2, 0.25) is 0 Å². The van der Waals surface area contributed by atoms with E-state index in [1.54, 1.807) is 0 Å². The number of benzene rings is 2. The first kappa shape index (κ1) is 33.3. The Morgan fingerprint density at radius 3 is 2.46 bits per heavy atom. The summed E-state index contributed by atoms with van der Waals surface area (Å²) in [5.74, 6) is 0.732. The lowest BCUT2D eigenvalue weighted by Gasteiger charge is -2.33. The third-order valence-electron chi connectivity index (χ3n) is 9.08. The number of fused-ring (bicyclic) bond motifs is 1. The van der Waals surface area contributed by atoms with E-state index in [0.717, 1.165) is 60.1 Å². The van der Waals surface area contributed by atoms with Crippen LogP contribution in [-0.2, 0) is 31.9 Å². The summed E-state index contributed by atoms with van der Waals surface area (Å²) in [4.78, 5) is 43.0. The Bertz CT molecular complexity index is 1920. The van der Waals surface area contributed by atoms with Gasteiger partial charge in [-0.15, -0.1) is 0 Å². The zero-order valence-corrected chi connectivity index (χ0v) is 28.4. The maximum Gasteiger partial charge on any atom is 0.303 e. The first-order valence-electron chi connectivity index (χ1n) is 16.9. The summed E-state index contributed by atoms with van der Waals surface area (Å²) >= 11 is 0. The number of carbonyl (C=O) groups excluding carboxylic acids is 2. The minimum Gasteiger partial charge on any atom is -0.457 e. The average Bonchev–Trinajstić information content (AvgIpc) is 3.67. The Labute approximate surface area is 280 Å². The van der Waals surface area contributed by atoms with Gasteiger partial charge in [0.1, 0.15) is 11.4 Å². The Balaban J connectivity index is 1.34. The average molecular weight is 653 g/mol. The number of hydrogen-bond acceptors (Lipinski definition) is 8. The number of hydrogen-bond donors (Lipinski definition) is 1. The first-order valence-corrected chi connectivity index (χ1v) is 16.9. The van der Waals surface area contributed by atoms with E-state index in [1.165, 1.54) is 6.92 Å². The molecule has 6 rings (SSSR count). The van der Waals surface area contributed by atoms with Gasteiger partial charge in [-0.05, 0) is 75.6 Å². The summed E-state index contributed by atoms with van der Waals surface area (Å²) in [6, 6.07) is 16.2. The van der Waals surface area contributed by atoms with Crippen molar-refractivity contribution in [2.45, 2.75) is 104 Å². The number of aromatic nitrogens is 4. The van der Waals surface area contributed by atoms with Gasteiger partial charge in [-0.25, -0.2) is 9.94 Å². The molecule has 1 N–H and O–H groups in total. The van der Waals surface area contributed by atoms with Crippen LogP contribution in [0.25, 0.3) is 16.9 Å². The predicted octanol–water partition coefficient (Wildman–Crippen LogP) is 5.48. The van der Waals surface area contributed by atoms with Crippen molar-refractivity contribution < 1.29 is 19.1 Å². The maximum absolute atomic E-state index is 14.6. The normalized spacial score (nSPS) is 18.2. The Kier molecular flexibility index (Phi) is 9.59. The molecule has 3 heterocycles. The van der Waals surface area contributed by atoms with Crippen LogP contribution in [0, 0.1) is 6.92 Å². The fourth-order valence-electron chi connectivity index (χ4n) is 6.97. The van der Waals surface area contributed by atoms with Crippen LogP contribution < -0.4 is 11.0 Å². The van der Waals surface area contributed by atoms with E-state index in [4.69, 9.17) is 19.6 Å². The van der Waals surface area contributed by atoms with Crippen molar-refractivity contribution >= 4 is 23.4 Å². The van der Waals surface area contributed by atoms with Crippen LogP contribution in [0.4, 0.5) is 0 Å². The van der Waals surface area contributed by atoms with Gasteiger partial charge >= 0.3 is 5.97 Å². The van der Waals surface area contributed by atoms with E-state index < -0.39 is 5.60 Å². The van der Waals surface area contributed by atoms with Gasteiger partial charge in [0.05, 0.1) is 30.5 Å². The first-order chi connectivity index (χ1) is 23.0. The molecule has 0 saturated heterocycles. The molecule has 0 unspecified atom stereocenters. The van der Waals surface area contributed by atoms with Gasteiger partial charge in [-0.2, -0.15) is 15.2 Å². The van der Waals surface area contributed by atoms with E-state index in [9.17, 15) is 14.4 Å². The van der Waals surface area contributed by atoms with Crippen molar-refractivity contribution in [1.29, 1.82) is 0 Å². The molecule has 252 valence electrons. The molecule has 2 aromatic carbocycles. The second-order valence-corrected chi connectivity index (χ2v) is 13.5. The predicted molar refractivity (Wildman–Crippen MR) is 183 cm³/mol. The molecule has 0 radical (unpaired) electrons. The van der Waals surface area contributed by atoms with Crippen LogP contribution in [0.15, 0.2) is 58.4 Å². The number of carbonyl (C=O) groups is 2. The molecule has 1 aliphatic carbocycles. The van der Waals surface area contributed by atoms with E-state index in [-0.39, 0.29) is 36.0 Å². The van der Waals surface area contributed by atoms with Crippen molar-refractivity contribution in [2.75, 3.05) is 6.61 Å². The topological polar surface area (TPSA) is 129 Å². The quantitative estimate of drug-likeness (QED) is 0.213. The zero-order valence-electron chi connectivity index (χ0n) is 28.4. The van der Waals surface area contributed by atoms with Crippen molar-refractivity contribution in [3.05, 3.63) is 87.1 Å². The molecular formula is C37H44N6O5. The van der Waals surface area contributed by atoms with Gasteiger partial charge in [-0.1, -0.05) is 55.8 Å². The van der Waals surface area contributed by atoms with E-state index >= 15 is 0 Å². The highest BCUT2D eigenvalue weighted by atomic mass is 16.6. The van der Waals surface area contributed by atoms with Crippen LogP contribution in [0.3, 0.4) is 0 Å². The minimum atomic E-state index is -0.704. The summed E-state index contributed by atoms with van der Waals surface area (Å²) < 4.78 is 15.3. The SMILES string of the molecule is CCCc1c(Cc2ccc(-c3ccccc3)c(C3=NNC(=O)C3)c2)c(=O)n(C2CCC(OCC(C)(C)OC(C)=O)CC2)c2nc(C)nn12. The number of rotatable bonds is 11. The number of esters is 1. The lowest BCUT2D eigenvalue weighted by atomic mass is 9.91. The minimum absolute atomic E-state index is 0.0164. The summed E-state index contributed by atoms with van der Waals surface area (Å²) in [5, 5.41) is 9.13. The van der Waals surface area contributed by atoms with Gasteiger partial charge in [0.2, 0.25) is 11.7 Å². The molecule has 1 amide bonds. The molecular weight excluding hydrogens is 608 g/mol. The van der Waals surface area contributed by atoms with Crippen molar-refractivity contribution in [2.24, 2.45) is 5.10 Å². The largest absolute Gasteiger partial charge is 0.457 e. The van der Waals surface area contributed by atoms with Gasteiger partial charge in [0.25, 0.3) is 5.56 Å².